The molecule has 4 aromatic rings. The van der Waals surface area contributed by atoms with Gasteiger partial charge in [0.1, 0.15) is 22.6 Å². The summed E-state index contributed by atoms with van der Waals surface area (Å²) < 4.78 is 1.40. The lowest BCUT2D eigenvalue weighted by Crippen LogP contribution is -2.29. The van der Waals surface area contributed by atoms with Crippen molar-refractivity contribution >= 4 is 44.6 Å². The van der Waals surface area contributed by atoms with Crippen LogP contribution >= 0.6 is 22.7 Å². The molecule has 0 radical (unpaired) electrons. The lowest BCUT2D eigenvalue weighted by atomic mass is 10.1. The van der Waals surface area contributed by atoms with Gasteiger partial charge in [0.05, 0.1) is 9.88 Å². The Morgan fingerprint density at radius 3 is 2.71 bits per heavy atom. The van der Waals surface area contributed by atoms with Crippen molar-refractivity contribution < 1.29 is 4.79 Å². The minimum atomic E-state index is -0.448. The van der Waals surface area contributed by atoms with E-state index in [1.807, 2.05) is 56.5 Å². The van der Waals surface area contributed by atoms with Crippen molar-refractivity contribution in [3.63, 3.8) is 0 Å². The minimum Gasteiger partial charge on any atom is -0.324 e. The zero-order valence-corrected chi connectivity index (χ0v) is 17.3. The third-order valence-corrected chi connectivity index (χ3v) is 6.43. The summed E-state index contributed by atoms with van der Waals surface area (Å²) in [5, 5.41) is 5.66. The monoisotopic (exact) mass is 410 g/mol. The molecular weight excluding hydrogens is 392 g/mol. The molecule has 3 aromatic heterocycles. The smallest absolute Gasteiger partial charge is 0.324 e. The number of anilines is 1. The lowest BCUT2D eigenvalue weighted by molar-refractivity contribution is -0.116. The number of aryl methyl sites for hydroxylation is 2. The van der Waals surface area contributed by atoms with Gasteiger partial charge in [0.2, 0.25) is 5.91 Å². The number of fused-ring (bicyclic) bond motifs is 1. The molecule has 0 aliphatic heterocycles. The molecule has 0 bridgehead atoms. The number of rotatable bonds is 4. The highest BCUT2D eigenvalue weighted by molar-refractivity contribution is 7.18. The number of carbonyl (C=O) groups excluding carboxylic acids is 1. The van der Waals surface area contributed by atoms with Gasteiger partial charge >= 0.3 is 5.69 Å². The summed E-state index contributed by atoms with van der Waals surface area (Å²) in [6.07, 6.45) is 0. The molecular formula is C20H18N4O2S2. The average Bonchev–Trinajstić information content (AvgIpc) is 3.31. The predicted molar refractivity (Wildman–Crippen MR) is 114 cm³/mol. The Hall–Kier alpha value is -2.84. The number of hydrogen-bond donors (Lipinski definition) is 1. The summed E-state index contributed by atoms with van der Waals surface area (Å²) in [4.78, 5) is 35.7. The van der Waals surface area contributed by atoms with Crippen LogP contribution in [-0.2, 0) is 11.3 Å². The van der Waals surface area contributed by atoms with Gasteiger partial charge in [-0.3, -0.25) is 9.36 Å². The number of thiazole rings is 1. The Bertz CT molecular complexity index is 1240. The molecule has 0 aliphatic rings. The Morgan fingerprint density at radius 2 is 1.96 bits per heavy atom. The summed E-state index contributed by atoms with van der Waals surface area (Å²) in [7, 11) is 0. The summed E-state index contributed by atoms with van der Waals surface area (Å²) in [5.74, 6) is -0.270. The molecule has 0 saturated carbocycles. The highest BCUT2D eigenvalue weighted by Gasteiger charge is 2.18. The third kappa shape index (κ3) is 3.36. The van der Waals surface area contributed by atoms with Gasteiger partial charge in [-0.2, -0.15) is 4.98 Å². The van der Waals surface area contributed by atoms with Gasteiger partial charge in [0, 0.05) is 5.69 Å². The van der Waals surface area contributed by atoms with Crippen molar-refractivity contribution in [2.75, 3.05) is 5.32 Å². The molecule has 3 heterocycles. The topological polar surface area (TPSA) is 76.9 Å². The van der Waals surface area contributed by atoms with Crippen LogP contribution in [0, 0.1) is 20.8 Å². The van der Waals surface area contributed by atoms with Crippen LogP contribution in [0.25, 0.3) is 20.9 Å². The standard InChI is InChI=1S/C20H18N4O2S2/c1-11-6-4-7-14(12(11)2)22-16(25)10-24-19-18(21-13(3)28-19)17(23-20(24)26)15-8-5-9-27-15/h4-9H,10H2,1-3H3,(H,22,25). The second-order valence-electron chi connectivity index (χ2n) is 6.49. The molecule has 0 unspecified atom stereocenters. The van der Waals surface area contributed by atoms with Crippen LogP contribution in [0.4, 0.5) is 5.69 Å². The molecule has 0 aliphatic carbocycles. The van der Waals surface area contributed by atoms with Gasteiger partial charge in [0.25, 0.3) is 0 Å². The molecule has 0 fully saturated rings. The number of thiophene rings is 1. The summed E-state index contributed by atoms with van der Waals surface area (Å²) in [5.41, 5.74) is 3.63. The molecule has 8 heteroatoms. The van der Waals surface area contributed by atoms with Crippen LogP contribution in [0.15, 0.2) is 40.5 Å². The van der Waals surface area contributed by atoms with Gasteiger partial charge in [-0.15, -0.1) is 22.7 Å². The molecule has 142 valence electrons. The zero-order chi connectivity index (χ0) is 19.8. The van der Waals surface area contributed by atoms with Gasteiger partial charge in [-0.1, -0.05) is 18.2 Å². The zero-order valence-electron chi connectivity index (χ0n) is 15.6. The van der Waals surface area contributed by atoms with Crippen LogP contribution in [0.2, 0.25) is 0 Å². The molecule has 6 nitrogen and oxygen atoms in total. The predicted octanol–water partition coefficient (Wildman–Crippen LogP) is 4.15. The Kier molecular flexibility index (Phi) is 4.82. The van der Waals surface area contributed by atoms with E-state index in [9.17, 15) is 9.59 Å². The van der Waals surface area contributed by atoms with Crippen molar-refractivity contribution in [3.05, 3.63) is 62.3 Å². The number of benzene rings is 1. The number of nitrogens with zero attached hydrogens (tertiary/aromatic N) is 3. The quantitative estimate of drug-likeness (QED) is 0.548. The SMILES string of the molecule is Cc1nc2c(-c3cccs3)nc(=O)n(CC(=O)Nc3cccc(C)c3C)c2s1. The fourth-order valence-electron chi connectivity index (χ4n) is 2.99. The maximum atomic E-state index is 12.7. The maximum absolute atomic E-state index is 12.7. The van der Waals surface area contributed by atoms with Gasteiger partial charge in [0.15, 0.2) is 0 Å². The molecule has 0 spiro atoms. The molecule has 28 heavy (non-hydrogen) atoms. The highest BCUT2D eigenvalue weighted by Crippen LogP contribution is 2.31. The van der Waals surface area contributed by atoms with Gasteiger partial charge < -0.3 is 5.32 Å². The first-order valence-corrected chi connectivity index (χ1v) is 10.4. The molecule has 1 amide bonds. The Morgan fingerprint density at radius 1 is 1.14 bits per heavy atom. The first-order chi connectivity index (χ1) is 13.4. The number of hydrogen-bond acceptors (Lipinski definition) is 6. The summed E-state index contributed by atoms with van der Waals surface area (Å²) >= 11 is 2.90. The highest BCUT2D eigenvalue weighted by atomic mass is 32.1. The maximum Gasteiger partial charge on any atom is 0.349 e. The second kappa shape index (κ2) is 7.29. The summed E-state index contributed by atoms with van der Waals surface area (Å²) in [6.45, 7) is 5.72. The lowest BCUT2D eigenvalue weighted by Gasteiger charge is -2.12. The molecule has 0 saturated heterocycles. The molecule has 0 atom stereocenters. The van der Waals surface area contributed by atoms with Crippen LogP contribution in [0.5, 0.6) is 0 Å². The van der Waals surface area contributed by atoms with Crippen molar-refractivity contribution in [1.29, 1.82) is 0 Å². The van der Waals surface area contributed by atoms with E-state index in [1.54, 1.807) is 0 Å². The van der Waals surface area contributed by atoms with E-state index in [0.717, 1.165) is 26.7 Å². The Balaban J connectivity index is 1.72. The van der Waals surface area contributed by atoms with E-state index in [0.29, 0.717) is 16.0 Å². The first kappa shape index (κ1) is 18.5. The largest absolute Gasteiger partial charge is 0.349 e. The second-order valence-corrected chi connectivity index (χ2v) is 8.62. The fourth-order valence-corrected chi connectivity index (χ4v) is 4.62. The number of amides is 1. The molecule has 1 aromatic carbocycles. The summed E-state index contributed by atoms with van der Waals surface area (Å²) in [6, 6.07) is 9.57. The molecule has 4 rings (SSSR count). The average molecular weight is 411 g/mol. The molecule has 1 N–H and O–H groups in total. The van der Waals surface area contributed by atoms with E-state index in [4.69, 9.17) is 0 Å². The van der Waals surface area contributed by atoms with E-state index in [2.05, 4.69) is 15.3 Å². The number of carbonyl (C=O) groups is 1. The van der Waals surface area contributed by atoms with Gasteiger partial charge in [-0.25, -0.2) is 9.78 Å². The minimum absolute atomic E-state index is 0.109. The fraction of sp³-hybridized carbons (Fsp3) is 0.200. The van der Waals surface area contributed by atoms with Crippen molar-refractivity contribution in [1.82, 2.24) is 14.5 Å². The van der Waals surface area contributed by atoms with Crippen LogP contribution in [-0.4, -0.2) is 20.4 Å². The van der Waals surface area contributed by atoms with E-state index < -0.39 is 5.69 Å². The number of aromatic nitrogens is 3. The van der Waals surface area contributed by atoms with Crippen molar-refractivity contribution in [3.8, 4) is 10.6 Å². The van der Waals surface area contributed by atoms with Crippen molar-refractivity contribution in [2.24, 2.45) is 0 Å². The van der Waals surface area contributed by atoms with Gasteiger partial charge in [-0.05, 0) is 49.4 Å². The third-order valence-electron chi connectivity index (χ3n) is 4.56. The van der Waals surface area contributed by atoms with Crippen LogP contribution in [0.3, 0.4) is 0 Å². The normalized spacial score (nSPS) is 11.1. The van der Waals surface area contributed by atoms with Crippen LogP contribution < -0.4 is 11.0 Å². The van der Waals surface area contributed by atoms with Crippen molar-refractivity contribution in [2.45, 2.75) is 27.3 Å². The van der Waals surface area contributed by atoms with E-state index in [-0.39, 0.29) is 12.5 Å². The Labute approximate surface area is 169 Å². The van der Waals surface area contributed by atoms with E-state index >= 15 is 0 Å². The van der Waals surface area contributed by atoms with E-state index in [1.165, 1.54) is 27.2 Å². The van der Waals surface area contributed by atoms with Crippen LogP contribution in [0.1, 0.15) is 16.1 Å². The first-order valence-electron chi connectivity index (χ1n) is 8.72. The number of nitrogens with one attached hydrogen (secondary N) is 1.